The van der Waals surface area contributed by atoms with E-state index in [1.807, 2.05) is 0 Å². The van der Waals surface area contributed by atoms with Gasteiger partial charge in [0, 0.05) is 32.8 Å². The van der Waals surface area contributed by atoms with E-state index >= 15 is 0 Å². The largest absolute Gasteiger partial charge is 0.368 e. The first-order chi connectivity index (χ1) is 11.7. The highest BCUT2D eigenvalue weighted by Gasteiger charge is 2.40. The van der Waals surface area contributed by atoms with Crippen molar-refractivity contribution in [3.63, 3.8) is 0 Å². The van der Waals surface area contributed by atoms with Gasteiger partial charge in [-0.15, -0.1) is 0 Å². The van der Waals surface area contributed by atoms with Gasteiger partial charge in [0.1, 0.15) is 5.60 Å². The molecule has 2 aliphatic rings. The Balaban J connectivity index is 1.47. The van der Waals surface area contributed by atoms with Gasteiger partial charge in [-0.05, 0) is 44.3 Å². The maximum absolute atomic E-state index is 12.7. The molecule has 1 aromatic rings. The SMILES string of the molecule is COC1(C(=O)NC2CCN(Cc3ccccc3)CC2)CCNCC1. The number of likely N-dealkylation sites (tertiary alicyclic amines) is 1. The maximum atomic E-state index is 12.7. The minimum absolute atomic E-state index is 0.0769. The van der Waals surface area contributed by atoms with Crippen LogP contribution >= 0.6 is 0 Å². The fraction of sp³-hybridized carbons (Fsp3) is 0.632. The Morgan fingerprint density at radius 2 is 1.92 bits per heavy atom. The van der Waals surface area contributed by atoms with Crippen LogP contribution in [0.1, 0.15) is 31.2 Å². The molecule has 2 heterocycles. The number of ether oxygens (including phenoxy) is 1. The number of piperidine rings is 2. The molecule has 2 aliphatic heterocycles. The number of hydrogen-bond acceptors (Lipinski definition) is 4. The molecule has 3 rings (SSSR count). The Bertz CT molecular complexity index is 521. The van der Waals surface area contributed by atoms with E-state index in [4.69, 9.17) is 4.74 Å². The molecule has 0 radical (unpaired) electrons. The van der Waals surface area contributed by atoms with Gasteiger partial charge in [-0.1, -0.05) is 30.3 Å². The predicted molar refractivity (Wildman–Crippen MR) is 94.7 cm³/mol. The number of carbonyl (C=O) groups is 1. The molecule has 0 spiro atoms. The second-order valence-electron chi connectivity index (χ2n) is 6.96. The van der Waals surface area contributed by atoms with Crippen molar-refractivity contribution in [2.75, 3.05) is 33.3 Å². The molecule has 2 fully saturated rings. The summed E-state index contributed by atoms with van der Waals surface area (Å²) in [5.41, 5.74) is 0.722. The number of amides is 1. The molecular formula is C19H29N3O2. The van der Waals surface area contributed by atoms with Crippen LogP contribution in [0.3, 0.4) is 0 Å². The first-order valence-electron chi connectivity index (χ1n) is 9.05. The van der Waals surface area contributed by atoms with Crippen molar-refractivity contribution in [1.29, 1.82) is 0 Å². The van der Waals surface area contributed by atoms with Crippen molar-refractivity contribution >= 4 is 5.91 Å². The minimum Gasteiger partial charge on any atom is -0.368 e. The second-order valence-corrected chi connectivity index (χ2v) is 6.96. The molecule has 1 amide bonds. The predicted octanol–water partition coefficient (Wildman–Crippen LogP) is 1.54. The Hall–Kier alpha value is -1.43. The zero-order valence-electron chi connectivity index (χ0n) is 14.6. The molecule has 24 heavy (non-hydrogen) atoms. The molecule has 0 atom stereocenters. The quantitative estimate of drug-likeness (QED) is 0.859. The number of methoxy groups -OCH3 is 1. The molecule has 0 aromatic heterocycles. The lowest BCUT2D eigenvalue weighted by molar-refractivity contribution is -0.147. The smallest absolute Gasteiger partial charge is 0.252 e. The third-order valence-corrected chi connectivity index (χ3v) is 5.39. The Morgan fingerprint density at radius 3 is 2.54 bits per heavy atom. The van der Waals surface area contributed by atoms with Crippen molar-refractivity contribution in [3.05, 3.63) is 35.9 Å². The molecule has 1 aromatic carbocycles. The van der Waals surface area contributed by atoms with Gasteiger partial charge in [0.25, 0.3) is 5.91 Å². The molecular weight excluding hydrogens is 302 g/mol. The average molecular weight is 331 g/mol. The second kappa shape index (κ2) is 8.10. The highest BCUT2D eigenvalue weighted by Crippen LogP contribution is 2.24. The summed E-state index contributed by atoms with van der Waals surface area (Å²) in [6, 6.07) is 10.8. The number of nitrogens with one attached hydrogen (secondary N) is 2. The summed E-state index contributed by atoms with van der Waals surface area (Å²) in [4.78, 5) is 15.2. The van der Waals surface area contributed by atoms with Crippen molar-refractivity contribution in [3.8, 4) is 0 Å². The van der Waals surface area contributed by atoms with E-state index in [1.165, 1.54) is 5.56 Å². The first kappa shape index (κ1) is 17.4. The summed E-state index contributed by atoms with van der Waals surface area (Å²) < 4.78 is 5.62. The van der Waals surface area contributed by atoms with Crippen LogP contribution in [-0.4, -0.2) is 55.7 Å². The highest BCUT2D eigenvalue weighted by molar-refractivity contribution is 5.85. The number of nitrogens with zero attached hydrogens (tertiary/aromatic N) is 1. The lowest BCUT2D eigenvalue weighted by Gasteiger charge is -2.38. The van der Waals surface area contributed by atoms with Crippen LogP contribution in [-0.2, 0) is 16.1 Å². The van der Waals surface area contributed by atoms with Gasteiger partial charge in [0.05, 0.1) is 0 Å². The van der Waals surface area contributed by atoms with Gasteiger partial charge in [-0.3, -0.25) is 9.69 Å². The van der Waals surface area contributed by atoms with Crippen molar-refractivity contribution in [2.24, 2.45) is 0 Å². The zero-order chi connectivity index (χ0) is 16.8. The Kier molecular flexibility index (Phi) is 5.87. The molecule has 0 bridgehead atoms. The highest BCUT2D eigenvalue weighted by atomic mass is 16.5. The Morgan fingerprint density at radius 1 is 1.25 bits per heavy atom. The molecule has 5 heteroatoms. The van der Waals surface area contributed by atoms with Crippen LogP contribution in [0.5, 0.6) is 0 Å². The molecule has 5 nitrogen and oxygen atoms in total. The van der Waals surface area contributed by atoms with E-state index in [1.54, 1.807) is 7.11 Å². The maximum Gasteiger partial charge on any atom is 0.252 e. The van der Waals surface area contributed by atoms with Crippen LogP contribution < -0.4 is 10.6 Å². The molecule has 2 saturated heterocycles. The monoisotopic (exact) mass is 331 g/mol. The normalized spacial score (nSPS) is 22.2. The lowest BCUT2D eigenvalue weighted by Crippen LogP contribution is -2.57. The van der Waals surface area contributed by atoms with Gasteiger partial charge < -0.3 is 15.4 Å². The third kappa shape index (κ3) is 4.15. The first-order valence-corrected chi connectivity index (χ1v) is 9.05. The van der Waals surface area contributed by atoms with Gasteiger partial charge in [-0.25, -0.2) is 0 Å². The summed E-state index contributed by atoms with van der Waals surface area (Å²) in [6.45, 7) is 4.74. The third-order valence-electron chi connectivity index (χ3n) is 5.39. The van der Waals surface area contributed by atoms with Crippen molar-refractivity contribution in [1.82, 2.24) is 15.5 Å². The summed E-state index contributed by atoms with van der Waals surface area (Å²) >= 11 is 0. The van der Waals surface area contributed by atoms with Crippen LogP contribution in [0.15, 0.2) is 30.3 Å². The number of hydrogen-bond donors (Lipinski definition) is 2. The molecule has 132 valence electrons. The van der Waals surface area contributed by atoms with E-state index in [9.17, 15) is 4.79 Å². The van der Waals surface area contributed by atoms with Gasteiger partial charge >= 0.3 is 0 Å². The van der Waals surface area contributed by atoms with Crippen LogP contribution in [0.25, 0.3) is 0 Å². The summed E-state index contributed by atoms with van der Waals surface area (Å²) in [5, 5.41) is 6.54. The fourth-order valence-corrected chi connectivity index (χ4v) is 3.75. The standard InChI is InChI=1S/C19H29N3O2/c1-24-19(9-11-20-12-10-19)18(23)21-17-7-13-22(14-8-17)15-16-5-3-2-4-6-16/h2-6,17,20H,7-15H2,1H3,(H,21,23). The summed E-state index contributed by atoms with van der Waals surface area (Å²) in [5.74, 6) is 0.0769. The van der Waals surface area contributed by atoms with E-state index in [-0.39, 0.29) is 11.9 Å². The van der Waals surface area contributed by atoms with E-state index < -0.39 is 5.60 Å². The number of rotatable bonds is 5. The van der Waals surface area contributed by atoms with Crippen LogP contribution in [0, 0.1) is 0 Å². The van der Waals surface area contributed by atoms with Gasteiger partial charge in [0.15, 0.2) is 0 Å². The van der Waals surface area contributed by atoms with E-state index in [2.05, 4.69) is 45.9 Å². The summed E-state index contributed by atoms with van der Waals surface area (Å²) in [7, 11) is 1.66. The van der Waals surface area contributed by atoms with Crippen molar-refractivity contribution < 1.29 is 9.53 Å². The summed E-state index contributed by atoms with van der Waals surface area (Å²) in [6.07, 6.45) is 3.53. The average Bonchev–Trinajstić information content (AvgIpc) is 2.64. The molecule has 2 N–H and O–H groups in total. The van der Waals surface area contributed by atoms with E-state index in [0.29, 0.717) is 0 Å². The topological polar surface area (TPSA) is 53.6 Å². The van der Waals surface area contributed by atoms with Gasteiger partial charge in [0.2, 0.25) is 0 Å². The lowest BCUT2D eigenvalue weighted by atomic mass is 9.90. The number of benzene rings is 1. The molecule has 0 saturated carbocycles. The van der Waals surface area contributed by atoms with E-state index in [0.717, 1.165) is 58.4 Å². The van der Waals surface area contributed by atoms with Crippen LogP contribution in [0.2, 0.25) is 0 Å². The fourth-order valence-electron chi connectivity index (χ4n) is 3.75. The van der Waals surface area contributed by atoms with Gasteiger partial charge in [-0.2, -0.15) is 0 Å². The molecule has 0 unspecified atom stereocenters. The van der Waals surface area contributed by atoms with Crippen molar-refractivity contribution in [2.45, 2.75) is 43.9 Å². The Labute approximate surface area is 144 Å². The number of carbonyl (C=O) groups excluding carboxylic acids is 1. The van der Waals surface area contributed by atoms with Crippen LogP contribution in [0.4, 0.5) is 0 Å². The molecule has 0 aliphatic carbocycles. The minimum atomic E-state index is -0.633. The zero-order valence-corrected chi connectivity index (χ0v) is 14.6.